The average molecular weight is 323 g/mol. The van der Waals surface area contributed by atoms with E-state index < -0.39 is 11.7 Å². The number of carbonyl (C=O) groups excluding carboxylic acids is 1. The number of aromatic nitrogens is 1. The van der Waals surface area contributed by atoms with Gasteiger partial charge in [-0.2, -0.15) is 0 Å². The van der Waals surface area contributed by atoms with Crippen molar-refractivity contribution in [1.29, 1.82) is 0 Å². The molecule has 0 unspecified atom stereocenters. The summed E-state index contributed by atoms with van der Waals surface area (Å²) in [5.41, 5.74) is 1.01. The van der Waals surface area contributed by atoms with Crippen molar-refractivity contribution in [3.8, 4) is 0 Å². The van der Waals surface area contributed by atoms with Gasteiger partial charge in [0.2, 0.25) is 0 Å². The number of carbonyl (C=O) groups is 1. The summed E-state index contributed by atoms with van der Waals surface area (Å²) in [6, 6.07) is 7.44. The van der Waals surface area contributed by atoms with Gasteiger partial charge in [-0.05, 0) is 54.9 Å². The molecule has 2 aromatic rings. The highest BCUT2D eigenvalue weighted by molar-refractivity contribution is 9.10. The largest absolute Gasteiger partial charge is 0.444 e. The lowest BCUT2D eigenvalue weighted by Crippen LogP contribution is -2.27. The zero-order valence-corrected chi connectivity index (χ0v) is 12.6. The number of rotatable bonds is 1. The van der Waals surface area contributed by atoms with Crippen molar-refractivity contribution in [2.24, 2.45) is 0 Å². The van der Waals surface area contributed by atoms with Crippen LogP contribution in [0.15, 0.2) is 34.9 Å². The molecule has 0 saturated carbocycles. The van der Waals surface area contributed by atoms with E-state index in [1.54, 1.807) is 12.3 Å². The SMILES string of the molecule is CC(C)(C)OC(=O)Nc1ccc2ncccc2c1Br. The summed E-state index contributed by atoms with van der Waals surface area (Å²) in [4.78, 5) is 16.0. The number of nitrogens with one attached hydrogen (secondary N) is 1. The summed E-state index contributed by atoms with van der Waals surface area (Å²) in [5.74, 6) is 0. The Morgan fingerprint density at radius 2 is 2.05 bits per heavy atom. The summed E-state index contributed by atoms with van der Waals surface area (Å²) >= 11 is 3.48. The van der Waals surface area contributed by atoms with Crippen LogP contribution in [0.2, 0.25) is 0 Å². The normalized spacial score (nSPS) is 11.4. The predicted octanol–water partition coefficient (Wildman–Crippen LogP) is 4.34. The van der Waals surface area contributed by atoms with Gasteiger partial charge in [0, 0.05) is 11.6 Å². The van der Waals surface area contributed by atoms with Gasteiger partial charge < -0.3 is 4.74 Å². The van der Waals surface area contributed by atoms with Crippen molar-refractivity contribution in [1.82, 2.24) is 4.98 Å². The Morgan fingerprint density at radius 1 is 1.32 bits per heavy atom. The molecule has 0 saturated heterocycles. The minimum atomic E-state index is -0.519. The molecule has 0 aliphatic heterocycles. The molecule has 100 valence electrons. The quantitative estimate of drug-likeness (QED) is 0.849. The molecule has 0 spiro atoms. The van der Waals surface area contributed by atoms with E-state index in [9.17, 15) is 4.79 Å². The first-order chi connectivity index (χ1) is 8.87. The maximum atomic E-state index is 11.7. The number of pyridine rings is 1. The summed E-state index contributed by atoms with van der Waals surface area (Å²) in [6.07, 6.45) is 1.26. The van der Waals surface area contributed by atoms with Crippen molar-refractivity contribution in [3.05, 3.63) is 34.9 Å². The van der Waals surface area contributed by atoms with Crippen molar-refractivity contribution in [2.45, 2.75) is 26.4 Å². The first-order valence-corrected chi connectivity index (χ1v) is 6.69. The second-order valence-corrected chi connectivity index (χ2v) is 5.92. The van der Waals surface area contributed by atoms with Crippen LogP contribution in [0.25, 0.3) is 10.9 Å². The molecule has 0 aliphatic rings. The zero-order chi connectivity index (χ0) is 14.0. The molecule has 1 aromatic heterocycles. The molecule has 2 rings (SSSR count). The number of benzene rings is 1. The predicted molar refractivity (Wildman–Crippen MR) is 79.3 cm³/mol. The van der Waals surface area contributed by atoms with Crippen molar-refractivity contribution < 1.29 is 9.53 Å². The van der Waals surface area contributed by atoms with E-state index in [-0.39, 0.29) is 0 Å². The van der Waals surface area contributed by atoms with E-state index >= 15 is 0 Å². The van der Waals surface area contributed by atoms with Gasteiger partial charge in [0.1, 0.15) is 5.60 Å². The molecule has 1 amide bonds. The van der Waals surface area contributed by atoms with Crippen LogP contribution in [0.4, 0.5) is 10.5 Å². The van der Waals surface area contributed by atoms with Crippen LogP contribution in [-0.4, -0.2) is 16.7 Å². The molecule has 5 heteroatoms. The molecule has 1 aromatic carbocycles. The molecule has 1 N–H and O–H groups in total. The van der Waals surface area contributed by atoms with Gasteiger partial charge in [-0.1, -0.05) is 6.07 Å². The number of amides is 1. The van der Waals surface area contributed by atoms with E-state index in [0.717, 1.165) is 15.4 Å². The fourth-order valence-electron chi connectivity index (χ4n) is 1.63. The Morgan fingerprint density at radius 3 is 2.74 bits per heavy atom. The van der Waals surface area contributed by atoms with E-state index in [1.807, 2.05) is 39.0 Å². The number of hydrogen-bond donors (Lipinski definition) is 1. The zero-order valence-electron chi connectivity index (χ0n) is 11.0. The summed E-state index contributed by atoms with van der Waals surface area (Å²) in [7, 11) is 0. The van der Waals surface area contributed by atoms with Crippen LogP contribution in [0.1, 0.15) is 20.8 Å². The average Bonchev–Trinajstić information content (AvgIpc) is 2.31. The van der Waals surface area contributed by atoms with E-state index in [4.69, 9.17) is 4.74 Å². The number of anilines is 1. The third kappa shape index (κ3) is 3.44. The molecule has 0 radical (unpaired) electrons. The minimum Gasteiger partial charge on any atom is -0.444 e. The topological polar surface area (TPSA) is 51.2 Å². The number of halogens is 1. The smallest absolute Gasteiger partial charge is 0.412 e. The number of nitrogens with zero attached hydrogens (tertiary/aromatic N) is 1. The fourth-order valence-corrected chi connectivity index (χ4v) is 2.19. The van der Waals surface area contributed by atoms with Gasteiger partial charge in [-0.3, -0.25) is 10.3 Å². The Labute approximate surface area is 120 Å². The third-order valence-electron chi connectivity index (χ3n) is 2.35. The molecule has 0 atom stereocenters. The van der Waals surface area contributed by atoms with Gasteiger partial charge in [-0.15, -0.1) is 0 Å². The lowest BCUT2D eigenvalue weighted by molar-refractivity contribution is 0.0636. The van der Waals surface area contributed by atoms with Crippen LogP contribution in [0.5, 0.6) is 0 Å². The van der Waals surface area contributed by atoms with Gasteiger partial charge in [0.05, 0.1) is 15.7 Å². The summed E-state index contributed by atoms with van der Waals surface area (Å²) in [5, 5.41) is 3.66. The Hall–Kier alpha value is -1.62. The number of ether oxygens (including phenoxy) is 1. The fraction of sp³-hybridized carbons (Fsp3) is 0.286. The molecular weight excluding hydrogens is 308 g/mol. The number of hydrogen-bond acceptors (Lipinski definition) is 3. The molecule has 0 fully saturated rings. The highest BCUT2D eigenvalue weighted by atomic mass is 79.9. The second kappa shape index (κ2) is 5.17. The first-order valence-electron chi connectivity index (χ1n) is 5.90. The van der Waals surface area contributed by atoms with Crippen molar-refractivity contribution in [3.63, 3.8) is 0 Å². The maximum absolute atomic E-state index is 11.7. The van der Waals surface area contributed by atoms with E-state index in [2.05, 4.69) is 26.2 Å². The molecule has 19 heavy (non-hydrogen) atoms. The Kier molecular flexibility index (Phi) is 3.75. The lowest BCUT2D eigenvalue weighted by Gasteiger charge is -2.20. The Balaban J connectivity index is 2.26. The van der Waals surface area contributed by atoms with Crippen molar-refractivity contribution >= 4 is 38.6 Å². The van der Waals surface area contributed by atoms with Crippen LogP contribution in [0, 0.1) is 0 Å². The van der Waals surface area contributed by atoms with Gasteiger partial charge in [0.15, 0.2) is 0 Å². The second-order valence-electron chi connectivity index (χ2n) is 5.12. The van der Waals surface area contributed by atoms with Crippen molar-refractivity contribution in [2.75, 3.05) is 5.32 Å². The van der Waals surface area contributed by atoms with Crippen LogP contribution in [-0.2, 0) is 4.74 Å². The van der Waals surface area contributed by atoms with Crippen LogP contribution in [0.3, 0.4) is 0 Å². The third-order valence-corrected chi connectivity index (χ3v) is 3.21. The highest BCUT2D eigenvalue weighted by Gasteiger charge is 2.17. The molecular formula is C14H15BrN2O2. The number of fused-ring (bicyclic) bond motifs is 1. The van der Waals surface area contributed by atoms with Gasteiger partial charge in [0.25, 0.3) is 0 Å². The monoisotopic (exact) mass is 322 g/mol. The first kappa shape index (κ1) is 13.8. The van der Waals surface area contributed by atoms with Gasteiger partial charge >= 0.3 is 6.09 Å². The van der Waals surface area contributed by atoms with Crippen LogP contribution >= 0.6 is 15.9 Å². The van der Waals surface area contributed by atoms with E-state index in [1.165, 1.54) is 0 Å². The summed E-state index contributed by atoms with van der Waals surface area (Å²) < 4.78 is 6.02. The molecule has 0 bridgehead atoms. The summed E-state index contributed by atoms with van der Waals surface area (Å²) in [6.45, 7) is 5.48. The lowest BCUT2D eigenvalue weighted by atomic mass is 10.2. The van der Waals surface area contributed by atoms with Crippen LogP contribution < -0.4 is 5.32 Å². The standard InChI is InChI=1S/C14H15BrN2O2/c1-14(2,3)19-13(18)17-11-7-6-10-9(12(11)15)5-4-8-16-10/h4-8H,1-3H3,(H,17,18). The highest BCUT2D eigenvalue weighted by Crippen LogP contribution is 2.30. The molecule has 0 aliphatic carbocycles. The minimum absolute atomic E-state index is 0.476. The molecule has 1 heterocycles. The molecule has 4 nitrogen and oxygen atoms in total. The maximum Gasteiger partial charge on any atom is 0.412 e. The Bertz CT molecular complexity index is 620. The van der Waals surface area contributed by atoms with Gasteiger partial charge in [-0.25, -0.2) is 4.79 Å². The van der Waals surface area contributed by atoms with E-state index in [0.29, 0.717) is 5.69 Å².